The molecule has 0 radical (unpaired) electrons. The van der Waals surface area contributed by atoms with Gasteiger partial charge in [0.25, 0.3) is 5.91 Å². The molecule has 0 aliphatic heterocycles. The van der Waals surface area contributed by atoms with Gasteiger partial charge < -0.3 is 10.6 Å². The molecule has 0 spiro atoms. The fourth-order valence-corrected chi connectivity index (χ4v) is 3.52. The van der Waals surface area contributed by atoms with Crippen molar-refractivity contribution in [2.45, 2.75) is 6.54 Å². The number of pyridine rings is 1. The molecular weight excluding hydrogens is 407 g/mol. The van der Waals surface area contributed by atoms with Crippen LogP contribution in [0.1, 0.15) is 16.1 Å². The highest BCUT2D eigenvalue weighted by Crippen LogP contribution is 2.23. The second-order valence-corrected chi connectivity index (χ2v) is 7.17. The van der Waals surface area contributed by atoms with E-state index in [4.69, 9.17) is 23.2 Å². The van der Waals surface area contributed by atoms with Crippen molar-refractivity contribution in [1.29, 1.82) is 0 Å². The summed E-state index contributed by atoms with van der Waals surface area (Å²) in [5, 5.41) is 8.63. The minimum atomic E-state index is -0.444. The van der Waals surface area contributed by atoms with Crippen LogP contribution >= 0.6 is 34.5 Å². The Balaban J connectivity index is 1.49. The molecule has 6 nitrogen and oxygen atoms in total. The smallest absolute Gasteiger partial charge is 0.253 e. The first-order valence-electron chi connectivity index (χ1n) is 7.87. The summed E-state index contributed by atoms with van der Waals surface area (Å²) in [4.78, 5) is 32.5. The normalized spacial score (nSPS) is 10.4. The van der Waals surface area contributed by atoms with Gasteiger partial charge in [0.2, 0.25) is 5.91 Å². The Morgan fingerprint density at radius 1 is 1.07 bits per heavy atom. The first-order chi connectivity index (χ1) is 13.0. The molecule has 138 valence electrons. The van der Waals surface area contributed by atoms with Crippen molar-refractivity contribution in [3.8, 4) is 10.6 Å². The van der Waals surface area contributed by atoms with Gasteiger partial charge in [-0.3, -0.25) is 14.6 Å². The Morgan fingerprint density at radius 2 is 1.85 bits per heavy atom. The summed E-state index contributed by atoms with van der Waals surface area (Å²) in [6, 6.07) is 8.29. The van der Waals surface area contributed by atoms with Gasteiger partial charge in [-0.05, 0) is 30.3 Å². The molecule has 0 atom stereocenters. The predicted octanol–water partition coefficient (Wildman–Crippen LogP) is 3.56. The molecule has 0 aliphatic rings. The van der Waals surface area contributed by atoms with Crippen LogP contribution in [-0.4, -0.2) is 28.3 Å². The first-order valence-corrected chi connectivity index (χ1v) is 9.51. The standard InChI is InChI=1S/C18H14Cl2N4O2S/c19-12-1-2-14(15(20)7-12)17(26)23-9-16(25)22-8-13-10-27-18(24-13)11-3-5-21-6-4-11/h1-7,10H,8-9H2,(H,22,25)(H,23,26). The molecule has 2 N–H and O–H groups in total. The van der Waals surface area contributed by atoms with E-state index < -0.39 is 5.91 Å². The Morgan fingerprint density at radius 3 is 2.59 bits per heavy atom. The highest BCUT2D eigenvalue weighted by atomic mass is 35.5. The van der Waals surface area contributed by atoms with Gasteiger partial charge in [0, 0.05) is 28.4 Å². The lowest BCUT2D eigenvalue weighted by Crippen LogP contribution is -2.36. The van der Waals surface area contributed by atoms with E-state index in [0.29, 0.717) is 5.02 Å². The average Bonchev–Trinajstić information content (AvgIpc) is 3.14. The molecular formula is C18H14Cl2N4O2S. The van der Waals surface area contributed by atoms with Crippen LogP contribution in [0.25, 0.3) is 10.6 Å². The monoisotopic (exact) mass is 420 g/mol. The maximum absolute atomic E-state index is 12.1. The van der Waals surface area contributed by atoms with E-state index in [9.17, 15) is 9.59 Å². The van der Waals surface area contributed by atoms with Crippen molar-refractivity contribution >= 4 is 46.4 Å². The highest BCUT2D eigenvalue weighted by Gasteiger charge is 2.12. The van der Waals surface area contributed by atoms with Gasteiger partial charge in [-0.1, -0.05) is 23.2 Å². The summed E-state index contributed by atoms with van der Waals surface area (Å²) in [6.07, 6.45) is 3.40. The number of aromatic nitrogens is 2. The lowest BCUT2D eigenvalue weighted by Gasteiger charge is -2.07. The number of thiazole rings is 1. The molecule has 0 saturated carbocycles. The summed E-state index contributed by atoms with van der Waals surface area (Å²) < 4.78 is 0. The maximum Gasteiger partial charge on any atom is 0.253 e. The molecule has 3 rings (SSSR count). The summed E-state index contributed by atoms with van der Waals surface area (Å²) in [5.41, 5.74) is 1.97. The van der Waals surface area contributed by atoms with E-state index in [1.165, 1.54) is 23.5 Å². The highest BCUT2D eigenvalue weighted by molar-refractivity contribution is 7.13. The van der Waals surface area contributed by atoms with Crippen molar-refractivity contribution in [3.05, 3.63) is 69.4 Å². The van der Waals surface area contributed by atoms with Gasteiger partial charge in [0.05, 0.1) is 29.4 Å². The van der Waals surface area contributed by atoms with Crippen molar-refractivity contribution in [3.63, 3.8) is 0 Å². The van der Waals surface area contributed by atoms with Gasteiger partial charge in [0.1, 0.15) is 5.01 Å². The number of hydrogen-bond acceptors (Lipinski definition) is 5. The third-order valence-corrected chi connectivity index (χ3v) is 5.02. The lowest BCUT2D eigenvalue weighted by molar-refractivity contribution is -0.120. The van der Waals surface area contributed by atoms with E-state index in [-0.39, 0.29) is 29.6 Å². The van der Waals surface area contributed by atoms with Gasteiger partial charge in [-0.15, -0.1) is 11.3 Å². The molecule has 27 heavy (non-hydrogen) atoms. The number of hydrogen-bond donors (Lipinski definition) is 2. The van der Waals surface area contributed by atoms with Gasteiger partial charge >= 0.3 is 0 Å². The van der Waals surface area contributed by atoms with E-state index in [1.807, 2.05) is 17.5 Å². The Labute approximate surface area is 169 Å². The van der Waals surface area contributed by atoms with Crippen molar-refractivity contribution in [2.24, 2.45) is 0 Å². The fourth-order valence-electron chi connectivity index (χ4n) is 2.20. The zero-order chi connectivity index (χ0) is 19.2. The molecule has 1 aromatic carbocycles. The SMILES string of the molecule is O=C(CNC(=O)c1ccc(Cl)cc1Cl)NCc1csc(-c2ccncc2)n1. The predicted molar refractivity (Wildman–Crippen MR) is 106 cm³/mol. The van der Waals surface area contributed by atoms with Crippen LogP contribution in [0, 0.1) is 0 Å². The van der Waals surface area contributed by atoms with E-state index in [0.717, 1.165) is 16.3 Å². The first kappa shape index (κ1) is 19.3. The molecule has 2 amide bonds. The number of carbonyl (C=O) groups excluding carboxylic acids is 2. The van der Waals surface area contributed by atoms with Crippen LogP contribution in [0.4, 0.5) is 0 Å². The van der Waals surface area contributed by atoms with Crippen LogP contribution in [0.2, 0.25) is 10.0 Å². The summed E-state index contributed by atoms with van der Waals surface area (Å²) in [7, 11) is 0. The maximum atomic E-state index is 12.1. The molecule has 2 aromatic heterocycles. The molecule has 0 saturated heterocycles. The molecule has 2 heterocycles. The van der Waals surface area contributed by atoms with E-state index in [2.05, 4.69) is 20.6 Å². The van der Waals surface area contributed by atoms with Crippen molar-refractivity contribution < 1.29 is 9.59 Å². The molecule has 0 aliphatic carbocycles. The third kappa shape index (κ3) is 5.26. The van der Waals surface area contributed by atoms with Gasteiger partial charge in [-0.2, -0.15) is 0 Å². The molecule has 3 aromatic rings. The van der Waals surface area contributed by atoms with Crippen LogP contribution in [-0.2, 0) is 11.3 Å². The molecule has 0 fully saturated rings. The third-order valence-electron chi connectivity index (χ3n) is 3.53. The number of benzene rings is 1. The molecule has 0 unspecified atom stereocenters. The largest absolute Gasteiger partial charge is 0.349 e. The minimum Gasteiger partial charge on any atom is -0.349 e. The van der Waals surface area contributed by atoms with E-state index >= 15 is 0 Å². The Kier molecular flexibility index (Phi) is 6.39. The van der Waals surface area contributed by atoms with Gasteiger partial charge in [-0.25, -0.2) is 4.98 Å². The Hall–Kier alpha value is -2.48. The second kappa shape index (κ2) is 8.94. The quantitative estimate of drug-likeness (QED) is 0.638. The Bertz CT molecular complexity index is 963. The number of rotatable bonds is 6. The minimum absolute atomic E-state index is 0.168. The lowest BCUT2D eigenvalue weighted by atomic mass is 10.2. The number of nitrogens with zero attached hydrogens (tertiary/aromatic N) is 2. The number of carbonyl (C=O) groups is 2. The summed E-state index contributed by atoms with van der Waals surface area (Å²) >= 11 is 13.3. The summed E-state index contributed by atoms with van der Waals surface area (Å²) in [6.45, 7) is 0.108. The van der Waals surface area contributed by atoms with Crippen LogP contribution in [0.15, 0.2) is 48.1 Å². The van der Waals surface area contributed by atoms with Crippen molar-refractivity contribution in [2.75, 3.05) is 6.54 Å². The topological polar surface area (TPSA) is 84.0 Å². The zero-order valence-electron chi connectivity index (χ0n) is 13.9. The molecule has 0 bridgehead atoms. The van der Waals surface area contributed by atoms with E-state index in [1.54, 1.807) is 18.5 Å². The average molecular weight is 421 g/mol. The van der Waals surface area contributed by atoms with Crippen LogP contribution < -0.4 is 10.6 Å². The van der Waals surface area contributed by atoms with Crippen LogP contribution in [0.3, 0.4) is 0 Å². The number of nitrogens with one attached hydrogen (secondary N) is 2. The van der Waals surface area contributed by atoms with Gasteiger partial charge in [0.15, 0.2) is 0 Å². The molecule has 9 heteroatoms. The number of halogens is 2. The second-order valence-electron chi connectivity index (χ2n) is 5.46. The van der Waals surface area contributed by atoms with Crippen molar-refractivity contribution in [1.82, 2.24) is 20.6 Å². The zero-order valence-corrected chi connectivity index (χ0v) is 16.2. The summed E-state index contributed by atoms with van der Waals surface area (Å²) in [5.74, 6) is -0.771. The number of amides is 2. The van der Waals surface area contributed by atoms with Crippen LogP contribution in [0.5, 0.6) is 0 Å². The fraction of sp³-hybridized carbons (Fsp3) is 0.111.